The molecule has 0 spiro atoms. The summed E-state index contributed by atoms with van der Waals surface area (Å²) in [4.78, 5) is 4.76. The summed E-state index contributed by atoms with van der Waals surface area (Å²) in [5.74, 6) is 1.05. The van der Waals surface area contributed by atoms with Crippen LogP contribution in [0.5, 0.6) is 0 Å². The fourth-order valence-electron chi connectivity index (χ4n) is 3.14. The van der Waals surface area contributed by atoms with Gasteiger partial charge in [-0.2, -0.15) is 0 Å². The Kier molecular flexibility index (Phi) is 2.26. The van der Waals surface area contributed by atoms with Crippen LogP contribution < -0.4 is 5.73 Å². The minimum Gasteiger partial charge on any atom is -0.329 e. The lowest BCUT2D eigenvalue weighted by Crippen LogP contribution is -2.36. The van der Waals surface area contributed by atoms with Gasteiger partial charge < -0.3 is 10.3 Å². The molecule has 2 aromatic rings. The van der Waals surface area contributed by atoms with Crippen LogP contribution in [-0.2, 0) is 12.6 Å². The van der Waals surface area contributed by atoms with Crippen molar-refractivity contribution in [2.45, 2.75) is 38.1 Å². The molecule has 0 bridgehead atoms. The smallest absolute Gasteiger partial charge is 0.129 e. The van der Waals surface area contributed by atoms with Gasteiger partial charge in [-0.15, -0.1) is 0 Å². The Morgan fingerprint density at radius 3 is 2.65 bits per heavy atom. The Hall–Kier alpha value is -1.35. The van der Waals surface area contributed by atoms with Gasteiger partial charge >= 0.3 is 0 Å². The highest BCUT2D eigenvalue weighted by Crippen LogP contribution is 2.37. The molecule has 0 amide bonds. The van der Waals surface area contributed by atoms with Crippen molar-refractivity contribution >= 4 is 11.0 Å². The monoisotopic (exact) mass is 229 g/mol. The average molecular weight is 229 g/mol. The summed E-state index contributed by atoms with van der Waals surface area (Å²) in [5, 5.41) is 0. The van der Waals surface area contributed by atoms with E-state index < -0.39 is 0 Å². The number of nitrogens with two attached hydrogens (primary N) is 1. The van der Waals surface area contributed by atoms with Crippen molar-refractivity contribution in [2.75, 3.05) is 0 Å². The van der Waals surface area contributed by atoms with Crippen LogP contribution in [0.2, 0.25) is 0 Å². The zero-order chi connectivity index (χ0) is 12.0. The SMILES string of the molecule is Cc1cccc2nc(C3(N)CCCC3)n(C)c12. The molecule has 0 atom stereocenters. The highest BCUT2D eigenvalue weighted by Gasteiger charge is 2.35. The Balaban J connectivity index is 2.24. The normalized spacial score (nSPS) is 19.0. The first kappa shape index (κ1) is 10.8. The van der Waals surface area contributed by atoms with Crippen molar-refractivity contribution in [3.05, 3.63) is 29.6 Å². The number of para-hydroxylation sites is 1. The fraction of sp³-hybridized carbons (Fsp3) is 0.500. The van der Waals surface area contributed by atoms with E-state index >= 15 is 0 Å². The zero-order valence-corrected chi connectivity index (χ0v) is 10.5. The van der Waals surface area contributed by atoms with Crippen LogP contribution in [0.3, 0.4) is 0 Å². The lowest BCUT2D eigenvalue weighted by Gasteiger charge is -2.22. The summed E-state index contributed by atoms with van der Waals surface area (Å²) in [6, 6.07) is 6.27. The molecule has 17 heavy (non-hydrogen) atoms. The van der Waals surface area contributed by atoms with Gasteiger partial charge in [0.2, 0.25) is 0 Å². The van der Waals surface area contributed by atoms with Crippen LogP contribution in [0.15, 0.2) is 18.2 Å². The lowest BCUT2D eigenvalue weighted by atomic mass is 9.98. The van der Waals surface area contributed by atoms with E-state index in [1.807, 2.05) is 0 Å². The van der Waals surface area contributed by atoms with Gasteiger partial charge in [-0.3, -0.25) is 0 Å². The summed E-state index contributed by atoms with van der Waals surface area (Å²) >= 11 is 0. The van der Waals surface area contributed by atoms with Gasteiger partial charge in [-0.25, -0.2) is 4.98 Å². The van der Waals surface area contributed by atoms with Crippen molar-refractivity contribution in [3.63, 3.8) is 0 Å². The van der Waals surface area contributed by atoms with Crippen molar-refractivity contribution in [3.8, 4) is 0 Å². The molecular weight excluding hydrogens is 210 g/mol. The topological polar surface area (TPSA) is 43.8 Å². The average Bonchev–Trinajstić information content (AvgIpc) is 2.86. The Morgan fingerprint density at radius 1 is 1.29 bits per heavy atom. The molecule has 0 radical (unpaired) electrons. The van der Waals surface area contributed by atoms with Gasteiger partial charge in [0.05, 0.1) is 16.6 Å². The molecule has 1 aromatic heterocycles. The number of aromatic nitrogens is 2. The second-order valence-electron chi connectivity index (χ2n) is 5.30. The third-order valence-corrected chi connectivity index (χ3v) is 4.04. The maximum absolute atomic E-state index is 6.51. The molecule has 1 fully saturated rings. The maximum Gasteiger partial charge on any atom is 0.129 e. The van der Waals surface area contributed by atoms with Crippen molar-refractivity contribution in [1.82, 2.24) is 9.55 Å². The van der Waals surface area contributed by atoms with Crippen LogP contribution in [-0.4, -0.2) is 9.55 Å². The fourth-order valence-corrected chi connectivity index (χ4v) is 3.14. The highest BCUT2D eigenvalue weighted by molar-refractivity contribution is 5.79. The van der Waals surface area contributed by atoms with E-state index in [2.05, 4.69) is 36.7 Å². The molecule has 2 N–H and O–H groups in total. The Morgan fingerprint density at radius 2 is 2.00 bits per heavy atom. The second kappa shape index (κ2) is 3.57. The molecule has 1 aliphatic rings. The number of nitrogens with zero attached hydrogens (tertiary/aromatic N) is 2. The number of hydrogen-bond acceptors (Lipinski definition) is 2. The summed E-state index contributed by atoms with van der Waals surface area (Å²) in [6.07, 6.45) is 4.56. The first-order valence-corrected chi connectivity index (χ1v) is 6.33. The van der Waals surface area contributed by atoms with E-state index in [9.17, 15) is 0 Å². The molecule has 0 unspecified atom stereocenters. The quantitative estimate of drug-likeness (QED) is 0.817. The zero-order valence-electron chi connectivity index (χ0n) is 10.5. The van der Waals surface area contributed by atoms with E-state index in [0.717, 1.165) is 24.2 Å². The molecule has 1 heterocycles. The van der Waals surface area contributed by atoms with Crippen molar-refractivity contribution in [1.29, 1.82) is 0 Å². The highest BCUT2D eigenvalue weighted by atomic mass is 15.1. The van der Waals surface area contributed by atoms with Gasteiger partial charge in [0.25, 0.3) is 0 Å². The van der Waals surface area contributed by atoms with Crippen molar-refractivity contribution < 1.29 is 0 Å². The third kappa shape index (κ3) is 1.49. The van der Waals surface area contributed by atoms with Gasteiger partial charge in [0, 0.05) is 7.05 Å². The third-order valence-electron chi connectivity index (χ3n) is 4.04. The Labute approximate surface area is 102 Å². The van der Waals surface area contributed by atoms with Crippen LogP contribution in [0.1, 0.15) is 37.1 Å². The van der Waals surface area contributed by atoms with Gasteiger partial charge in [-0.1, -0.05) is 25.0 Å². The first-order chi connectivity index (χ1) is 8.12. The summed E-state index contributed by atoms with van der Waals surface area (Å²) in [7, 11) is 2.09. The number of fused-ring (bicyclic) bond motifs is 1. The molecule has 3 rings (SSSR count). The van der Waals surface area contributed by atoms with Gasteiger partial charge in [-0.05, 0) is 31.4 Å². The number of aryl methyl sites for hydroxylation is 2. The van der Waals surface area contributed by atoms with E-state index in [1.54, 1.807) is 0 Å². The molecule has 90 valence electrons. The first-order valence-electron chi connectivity index (χ1n) is 6.33. The van der Waals surface area contributed by atoms with Gasteiger partial charge in [0.15, 0.2) is 0 Å². The van der Waals surface area contributed by atoms with Crippen molar-refractivity contribution in [2.24, 2.45) is 12.8 Å². The number of hydrogen-bond donors (Lipinski definition) is 1. The largest absolute Gasteiger partial charge is 0.329 e. The molecular formula is C14H19N3. The molecule has 3 nitrogen and oxygen atoms in total. The number of benzene rings is 1. The number of rotatable bonds is 1. The lowest BCUT2D eigenvalue weighted by molar-refractivity contribution is 0.420. The predicted octanol–water partition coefficient (Wildman–Crippen LogP) is 2.61. The standard InChI is InChI=1S/C14H19N3/c1-10-6-5-7-11-12(10)17(2)13(16-11)14(15)8-3-4-9-14/h5-7H,3-4,8-9,15H2,1-2H3. The van der Waals surface area contributed by atoms with Crippen LogP contribution in [0.4, 0.5) is 0 Å². The molecule has 1 aliphatic carbocycles. The van der Waals surface area contributed by atoms with Crippen LogP contribution >= 0.6 is 0 Å². The molecule has 1 aromatic carbocycles. The molecule has 3 heteroatoms. The van der Waals surface area contributed by atoms with E-state index in [4.69, 9.17) is 10.7 Å². The summed E-state index contributed by atoms with van der Waals surface area (Å²) < 4.78 is 2.19. The van der Waals surface area contributed by atoms with E-state index in [0.29, 0.717) is 0 Å². The summed E-state index contributed by atoms with van der Waals surface area (Å²) in [6.45, 7) is 2.13. The second-order valence-corrected chi connectivity index (χ2v) is 5.30. The summed E-state index contributed by atoms with van der Waals surface area (Å²) in [5.41, 5.74) is 9.86. The minimum absolute atomic E-state index is 0.208. The molecule has 0 saturated heterocycles. The molecule has 1 saturated carbocycles. The number of imidazole rings is 1. The Bertz CT molecular complexity index is 562. The predicted molar refractivity (Wildman–Crippen MR) is 69.8 cm³/mol. The minimum atomic E-state index is -0.208. The molecule has 0 aliphatic heterocycles. The van der Waals surface area contributed by atoms with E-state index in [-0.39, 0.29) is 5.54 Å². The van der Waals surface area contributed by atoms with Crippen LogP contribution in [0, 0.1) is 6.92 Å². The maximum atomic E-state index is 6.51. The van der Waals surface area contributed by atoms with Crippen LogP contribution in [0.25, 0.3) is 11.0 Å². The van der Waals surface area contributed by atoms with Gasteiger partial charge in [0.1, 0.15) is 5.82 Å². The van der Waals surface area contributed by atoms with E-state index in [1.165, 1.54) is 23.9 Å².